The lowest BCUT2D eigenvalue weighted by Gasteiger charge is -2.11. The van der Waals surface area contributed by atoms with Gasteiger partial charge in [-0.15, -0.1) is 0 Å². The third-order valence-corrected chi connectivity index (χ3v) is 3.23. The largest absolute Gasteiger partial charge is 0.313 e. The molecule has 2 heteroatoms. The fourth-order valence-electron chi connectivity index (χ4n) is 1.59. The van der Waals surface area contributed by atoms with Crippen LogP contribution in [0.4, 0.5) is 0 Å². The van der Waals surface area contributed by atoms with E-state index in [4.69, 9.17) is 0 Å². The summed E-state index contributed by atoms with van der Waals surface area (Å²) in [6.07, 6.45) is 4.56. The van der Waals surface area contributed by atoms with Crippen LogP contribution in [0.1, 0.15) is 18.9 Å². The Labute approximate surface area is 97.7 Å². The average molecular weight is 223 g/mol. The highest BCUT2D eigenvalue weighted by molar-refractivity contribution is 7.98. The van der Waals surface area contributed by atoms with Gasteiger partial charge >= 0.3 is 0 Å². The van der Waals surface area contributed by atoms with E-state index < -0.39 is 0 Å². The van der Waals surface area contributed by atoms with Gasteiger partial charge in [-0.1, -0.05) is 30.3 Å². The number of rotatable bonds is 7. The number of hydrogen-bond acceptors (Lipinski definition) is 2. The quantitative estimate of drug-likeness (QED) is 0.713. The molecule has 0 aliphatic carbocycles. The molecular formula is C13H21NS. The summed E-state index contributed by atoms with van der Waals surface area (Å²) in [5.41, 5.74) is 1.44. The summed E-state index contributed by atoms with van der Waals surface area (Å²) < 4.78 is 0. The Balaban J connectivity index is 2.07. The summed E-state index contributed by atoms with van der Waals surface area (Å²) >= 11 is 1.90. The minimum atomic E-state index is 0.635. The number of nitrogens with one attached hydrogen (secondary N) is 1. The Bertz CT molecular complexity index is 248. The van der Waals surface area contributed by atoms with Gasteiger partial charge in [0.1, 0.15) is 0 Å². The molecule has 1 rings (SSSR count). The molecule has 1 N–H and O–H groups in total. The second-order valence-corrected chi connectivity index (χ2v) is 4.81. The Kier molecular flexibility index (Phi) is 6.53. The second kappa shape index (κ2) is 7.77. The predicted molar refractivity (Wildman–Crippen MR) is 70.6 cm³/mol. The molecule has 0 aliphatic heterocycles. The van der Waals surface area contributed by atoms with Gasteiger partial charge in [0.15, 0.2) is 0 Å². The molecule has 1 aromatic carbocycles. The van der Waals surface area contributed by atoms with Gasteiger partial charge < -0.3 is 5.32 Å². The second-order valence-electron chi connectivity index (χ2n) is 3.90. The Hall–Kier alpha value is -0.470. The minimum absolute atomic E-state index is 0.635. The number of hydrogen-bond donors (Lipinski definition) is 1. The zero-order chi connectivity index (χ0) is 10.9. The van der Waals surface area contributed by atoms with E-state index in [1.165, 1.54) is 24.2 Å². The zero-order valence-corrected chi connectivity index (χ0v) is 10.5. The van der Waals surface area contributed by atoms with Crippen LogP contribution in [0.3, 0.4) is 0 Å². The summed E-state index contributed by atoms with van der Waals surface area (Å²) in [6.45, 7) is 3.37. The van der Waals surface area contributed by atoms with Crippen molar-refractivity contribution in [1.82, 2.24) is 5.32 Å². The molecule has 0 aromatic heterocycles. The van der Waals surface area contributed by atoms with Crippen LogP contribution in [0.5, 0.6) is 0 Å². The van der Waals surface area contributed by atoms with Gasteiger partial charge in [-0.3, -0.25) is 0 Å². The van der Waals surface area contributed by atoms with Gasteiger partial charge in [-0.25, -0.2) is 0 Å². The first-order valence-corrected chi connectivity index (χ1v) is 6.98. The maximum absolute atomic E-state index is 3.53. The third kappa shape index (κ3) is 5.85. The van der Waals surface area contributed by atoms with Crippen LogP contribution in [-0.4, -0.2) is 24.6 Å². The molecule has 1 atom stereocenters. The van der Waals surface area contributed by atoms with E-state index in [-0.39, 0.29) is 0 Å². The van der Waals surface area contributed by atoms with Crippen molar-refractivity contribution < 1.29 is 0 Å². The van der Waals surface area contributed by atoms with Crippen molar-refractivity contribution >= 4 is 11.8 Å². The van der Waals surface area contributed by atoms with Gasteiger partial charge in [-0.2, -0.15) is 11.8 Å². The molecule has 15 heavy (non-hydrogen) atoms. The van der Waals surface area contributed by atoms with Crippen molar-refractivity contribution in [3.63, 3.8) is 0 Å². The van der Waals surface area contributed by atoms with E-state index in [9.17, 15) is 0 Å². The van der Waals surface area contributed by atoms with Crippen LogP contribution in [0.15, 0.2) is 30.3 Å². The monoisotopic (exact) mass is 223 g/mol. The third-order valence-electron chi connectivity index (χ3n) is 2.39. The molecule has 0 radical (unpaired) electrons. The van der Waals surface area contributed by atoms with Gasteiger partial charge in [0.25, 0.3) is 0 Å². The van der Waals surface area contributed by atoms with Crippen LogP contribution < -0.4 is 5.32 Å². The van der Waals surface area contributed by atoms with Crippen molar-refractivity contribution in [3.05, 3.63) is 35.9 Å². The molecular weight excluding hydrogens is 202 g/mol. The van der Waals surface area contributed by atoms with Crippen LogP contribution in [0, 0.1) is 0 Å². The van der Waals surface area contributed by atoms with E-state index >= 15 is 0 Å². The van der Waals surface area contributed by atoms with Crippen molar-refractivity contribution in [3.8, 4) is 0 Å². The molecule has 0 bridgehead atoms. The highest BCUT2D eigenvalue weighted by Crippen LogP contribution is 2.02. The molecule has 0 aliphatic rings. The standard InChI is InChI=1S/C13H21NS/c1-12(11-15-2)14-10-6-9-13-7-4-3-5-8-13/h3-5,7-8,12,14H,6,9-11H2,1-2H3. The van der Waals surface area contributed by atoms with Crippen LogP contribution in [0.25, 0.3) is 0 Å². The van der Waals surface area contributed by atoms with Gasteiger partial charge in [0.05, 0.1) is 0 Å². The number of benzene rings is 1. The lowest BCUT2D eigenvalue weighted by molar-refractivity contribution is 0.576. The maximum atomic E-state index is 3.53. The zero-order valence-electron chi connectivity index (χ0n) is 9.70. The highest BCUT2D eigenvalue weighted by atomic mass is 32.2. The maximum Gasteiger partial charge on any atom is 0.0129 e. The molecule has 0 spiro atoms. The van der Waals surface area contributed by atoms with Crippen LogP contribution in [-0.2, 0) is 6.42 Å². The average Bonchev–Trinajstić information content (AvgIpc) is 2.26. The number of thioether (sulfide) groups is 1. The summed E-state index contributed by atoms with van der Waals surface area (Å²) in [6, 6.07) is 11.3. The normalized spacial score (nSPS) is 12.7. The molecule has 0 fully saturated rings. The van der Waals surface area contributed by atoms with E-state index in [1.807, 2.05) is 11.8 Å². The molecule has 84 valence electrons. The van der Waals surface area contributed by atoms with Gasteiger partial charge in [0, 0.05) is 11.8 Å². The Morgan fingerprint density at radius 1 is 1.27 bits per heavy atom. The highest BCUT2D eigenvalue weighted by Gasteiger charge is 1.98. The molecule has 0 amide bonds. The molecule has 1 nitrogen and oxygen atoms in total. The fourth-order valence-corrected chi connectivity index (χ4v) is 2.21. The van der Waals surface area contributed by atoms with Gasteiger partial charge in [0.2, 0.25) is 0 Å². The molecule has 0 saturated carbocycles. The first-order chi connectivity index (χ1) is 7.33. The fraction of sp³-hybridized carbons (Fsp3) is 0.538. The molecule has 0 heterocycles. The lowest BCUT2D eigenvalue weighted by atomic mass is 10.1. The minimum Gasteiger partial charge on any atom is -0.313 e. The Morgan fingerprint density at radius 2 is 2.00 bits per heavy atom. The SMILES string of the molecule is CSCC(C)NCCCc1ccccc1. The molecule has 1 aromatic rings. The van der Waals surface area contributed by atoms with Crippen molar-refractivity contribution in [2.45, 2.75) is 25.8 Å². The summed E-state index contributed by atoms with van der Waals surface area (Å²) in [5, 5.41) is 3.53. The van der Waals surface area contributed by atoms with E-state index in [1.54, 1.807) is 0 Å². The summed E-state index contributed by atoms with van der Waals surface area (Å²) in [5.74, 6) is 1.20. The predicted octanol–water partition coefficient (Wildman–Crippen LogP) is 2.96. The lowest BCUT2D eigenvalue weighted by Crippen LogP contribution is -2.29. The van der Waals surface area contributed by atoms with Crippen molar-refractivity contribution in [2.75, 3.05) is 18.6 Å². The first-order valence-electron chi connectivity index (χ1n) is 5.59. The topological polar surface area (TPSA) is 12.0 Å². The van der Waals surface area contributed by atoms with Crippen LogP contribution >= 0.6 is 11.8 Å². The smallest absolute Gasteiger partial charge is 0.0129 e. The Morgan fingerprint density at radius 3 is 2.67 bits per heavy atom. The van der Waals surface area contributed by atoms with Crippen molar-refractivity contribution in [1.29, 1.82) is 0 Å². The van der Waals surface area contributed by atoms with Crippen LogP contribution in [0.2, 0.25) is 0 Å². The van der Waals surface area contributed by atoms with E-state index in [0.717, 1.165) is 6.54 Å². The number of aryl methyl sites for hydroxylation is 1. The van der Waals surface area contributed by atoms with E-state index in [0.29, 0.717) is 6.04 Å². The summed E-state index contributed by atoms with van der Waals surface area (Å²) in [4.78, 5) is 0. The molecule has 1 unspecified atom stereocenters. The first kappa shape index (κ1) is 12.6. The molecule has 0 saturated heterocycles. The van der Waals surface area contributed by atoms with E-state index in [2.05, 4.69) is 48.8 Å². The van der Waals surface area contributed by atoms with Gasteiger partial charge in [-0.05, 0) is 38.1 Å². The van der Waals surface area contributed by atoms with Crippen molar-refractivity contribution in [2.24, 2.45) is 0 Å². The summed E-state index contributed by atoms with van der Waals surface area (Å²) in [7, 11) is 0.